The number of unbranched alkanes of at least 4 members (excludes halogenated alkanes) is 1. The zero-order valence-corrected chi connectivity index (χ0v) is 10.9. The first-order valence-corrected chi connectivity index (χ1v) is 6.00. The third-order valence-corrected chi connectivity index (χ3v) is 2.00. The molecule has 0 aromatic heterocycles. The van der Waals surface area contributed by atoms with Gasteiger partial charge < -0.3 is 14.2 Å². The molecule has 0 heterocycles. The Bertz CT molecular complexity index is 227. The Morgan fingerprint density at radius 3 is 2.41 bits per heavy atom. The zero-order valence-electron chi connectivity index (χ0n) is 10.9. The number of hydrogen-bond acceptors (Lipinski definition) is 5. The Morgan fingerprint density at radius 2 is 1.88 bits per heavy atom. The molecule has 5 nitrogen and oxygen atoms in total. The lowest BCUT2D eigenvalue weighted by Crippen LogP contribution is -2.29. The van der Waals surface area contributed by atoms with Crippen LogP contribution >= 0.6 is 0 Å². The van der Waals surface area contributed by atoms with Crippen molar-refractivity contribution in [2.45, 2.75) is 46.1 Å². The topological polar surface area (TPSA) is 61.8 Å². The van der Waals surface area contributed by atoms with Crippen LogP contribution in [0, 0.1) is 0 Å². The fraction of sp³-hybridized carbons (Fsp3) is 0.833. The average molecular weight is 246 g/mol. The highest BCUT2D eigenvalue weighted by molar-refractivity contribution is 5.69. The van der Waals surface area contributed by atoms with E-state index in [2.05, 4.69) is 6.92 Å². The molecule has 0 aromatic rings. The van der Waals surface area contributed by atoms with E-state index < -0.39 is 12.1 Å². The molecule has 0 aliphatic heterocycles. The quantitative estimate of drug-likeness (QED) is 0.457. The molecule has 0 saturated heterocycles. The Balaban J connectivity index is 3.87. The van der Waals surface area contributed by atoms with Gasteiger partial charge in [0.2, 0.25) is 0 Å². The number of esters is 2. The zero-order chi connectivity index (χ0) is 13.1. The Hall–Kier alpha value is -1.10. The molecule has 1 atom stereocenters. The van der Waals surface area contributed by atoms with E-state index >= 15 is 0 Å². The van der Waals surface area contributed by atoms with Gasteiger partial charge in [-0.25, -0.2) is 0 Å². The number of hydrogen-bond donors (Lipinski definition) is 0. The summed E-state index contributed by atoms with van der Waals surface area (Å²) in [5.74, 6) is -0.711. The maximum Gasteiger partial charge on any atom is 0.305 e. The molecule has 0 amide bonds. The highest BCUT2D eigenvalue weighted by atomic mass is 16.6. The normalized spacial score (nSPS) is 11.9. The van der Waals surface area contributed by atoms with Gasteiger partial charge in [0.25, 0.3) is 0 Å². The van der Waals surface area contributed by atoms with Crippen LogP contribution in [-0.4, -0.2) is 37.9 Å². The van der Waals surface area contributed by atoms with Crippen molar-refractivity contribution < 1.29 is 23.8 Å². The first kappa shape index (κ1) is 15.9. The molecule has 0 fully saturated rings. The Morgan fingerprint density at radius 1 is 1.18 bits per heavy atom. The van der Waals surface area contributed by atoms with Gasteiger partial charge in [-0.05, 0) is 6.42 Å². The third kappa shape index (κ3) is 9.81. The molecule has 0 spiro atoms. The van der Waals surface area contributed by atoms with Crippen molar-refractivity contribution >= 4 is 11.9 Å². The van der Waals surface area contributed by atoms with Crippen molar-refractivity contribution in [2.24, 2.45) is 0 Å². The first-order chi connectivity index (χ1) is 8.10. The predicted octanol–water partition coefficient (Wildman–Crippen LogP) is 1.69. The first-order valence-electron chi connectivity index (χ1n) is 6.00. The smallest absolute Gasteiger partial charge is 0.305 e. The van der Waals surface area contributed by atoms with Gasteiger partial charge in [-0.1, -0.05) is 20.3 Å². The summed E-state index contributed by atoms with van der Waals surface area (Å²) in [6.07, 6.45) is 1.80. The molecule has 100 valence electrons. The molecule has 0 bridgehead atoms. The van der Waals surface area contributed by atoms with Crippen molar-refractivity contribution in [3.05, 3.63) is 0 Å². The molecule has 0 aliphatic carbocycles. The fourth-order valence-corrected chi connectivity index (χ4v) is 1.10. The van der Waals surface area contributed by atoms with E-state index in [1.807, 2.05) is 0 Å². The van der Waals surface area contributed by atoms with Crippen molar-refractivity contribution in [3.63, 3.8) is 0 Å². The second-order valence-corrected chi connectivity index (χ2v) is 3.70. The maximum atomic E-state index is 11.0. The minimum Gasteiger partial charge on any atom is -0.462 e. The second kappa shape index (κ2) is 10.1. The summed E-state index contributed by atoms with van der Waals surface area (Å²) in [7, 11) is 0. The molecule has 0 N–H and O–H groups in total. The monoisotopic (exact) mass is 246 g/mol. The fourth-order valence-electron chi connectivity index (χ4n) is 1.10. The van der Waals surface area contributed by atoms with Crippen LogP contribution in [0.15, 0.2) is 0 Å². The lowest BCUT2D eigenvalue weighted by atomic mass is 10.3. The Kier molecular flexibility index (Phi) is 9.43. The number of ether oxygens (including phenoxy) is 3. The largest absolute Gasteiger partial charge is 0.462 e. The highest BCUT2D eigenvalue weighted by Crippen LogP contribution is 1.99. The SMILES string of the molecule is CCCCOCC(COC(=O)CC)OC(C)=O. The van der Waals surface area contributed by atoms with Crippen LogP contribution in [-0.2, 0) is 23.8 Å². The lowest BCUT2D eigenvalue weighted by molar-refractivity contribution is -0.160. The molecule has 0 aliphatic rings. The molecule has 17 heavy (non-hydrogen) atoms. The maximum absolute atomic E-state index is 11.0. The number of carbonyl (C=O) groups excluding carboxylic acids is 2. The molecule has 5 heteroatoms. The summed E-state index contributed by atoms with van der Waals surface area (Å²) in [6.45, 7) is 6.03. The van der Waals surface area contributed by atoms with Crippen molar-refractivity contribution in [2.75, 3.05) is 19.8 Å². The van der Waals surface area contributed by atoms with Crippen LogP contribution in [0.2, 0.25) is 0 Å². The van der Waals surface area contributed by atoms with E-state index in [0.717, 1.165) is 12.8 Å². The number of rotatable bonds is 9. The van der Waals surface area contributed by atoms with E-state index in [-0.39, 0.29) is 19.2 Å². The van der Waals surface area contributed by atoms with E-state index in [4.69, 9.17) is 14.2 Å². The minimum absolute atomic E-state index is 0.0539. The van der Waals surface area contributed by atoms with Crippen LogP contribution in [0.5, 0.6) is 0 Å². The van der Waals surface area contributed by atoms with E-state index in [9.17, 15) is 9.59 Å². The van der Waals surface area contributed by atoms with Gasteiger partial charge in [0.15, 0.2) is 6.10 Å². The lowest BCUT2D eigenvalue weighted by Gasteiger charge is -2.17. The molecule has 0 saturated carbocycles. The van der Waals surface area contributed by atoms with Gasteiger partial charge in [0, 0.05) is 20.0 Å². The van der Waals surface area contributed by atoms with Gasteiger partial charge >= 0.3 is 11.9 Å². The summed E-state index contributed by atoms with van der Waals surface area (Å²) < 4.78 is 15.2. The van der Waals surface area contributed by atoms with Crippen LogP contribution < -0.4 is 0 Å². The standard InChI is InChI=1S/C12H22O5/c1-4-6-7-15-8-11(17-10(3)13)9-16-12(14)5-2/h11H,4-9H2,1-3H3. The van der Waals surface area contributed by atoms with Crippen LogP contribution in [0.4, 0.5) is 0 Å². The molecule has 0 radical (unpaired) electrons. The van der Waals surface area contributed by atoms with E-state index in [1.54, 1.807) is 6.92 Å². The highest BCUT2D eigenvalue weighted by Gasteiger charge is 2.14. The molecule has 0 aromatic carbocycles. The summed E-state index contributed by atoms with van der Waals surface area (Å²) in [6, 6.07) is 0. The third-order valence-electron chi connectivity index (χ3n) is 2.00. The van der Waals surface area contributed by atoms with E-state index in [0.29, 0.717) is 13.0 Å². The molecular formula is C12H22O5. The molecule has 0 rings (SSSR count). The second-order valence-electron chi connectivity index (χ2n) is 3.70. The van der Waals surface area contributed by atoms with Crippen LogP contribution in [0.1, 0.15) is 40.0 Å². The van der Waals surface area contributed by atoms with Crippen molar-refractivity contribution in [3.8, 4) is 0 Å². The molecule has 1 unspecified atom stereocenters. The predicted molar refractivity (Wildman–Crippen MR) is 62.5 cm³/mol. The average Bonchev–Trinajstić information content (AvgIpc) is 2.30. The minimum atomic E-state index is -0.514. The van der Waals surface area contributed by atoms with Crippen LogP contribution in [0.25, 0.3) is 0 Å². The van der Waals surface area contributed by atoms with Gasteiger partial charge in [-0.2, -0.15) is 0 Å². The van der Waals surface area contributed by atoms with Gasteiger partial charge in [0.1, 0.15) is 6.61 Å². The van der Waals surface area contributed by atoms with Gasteiger partial charge in [0.05, 0.1) is 6.61 Å². The van der Waals surface area contributed by atoms with Crippen LogP contribution in [0.3, 0.4) is 0 Å². The summed E-state index contributed by atoms with van der Waals surface area (Å²) >= 11 is 0. The van der Waals surface area contributed by atoms with E-state index in [1.165, 1.54) is 6.92 Å². The van der Waals surface area contributed by atoms with Crippen molar-refractivity contribution in [1.29, 1.82) is 0 Å². The Labute approximate surface area is 102 Å². The van der Waals surface area contributed by atoms with Crippen molar-refractivity contribution in [1.82, 2.24) is 0 Å². The van der Waals surface area contributed by atoms with Gasteiger partial charge in [-0.3, -0.25) is 9.59 Å². The summed E-state index contributed by atoms with van der Waals surface area (Å²) in [4.78, 5) is 21.8. The molecular weight excluding hydrogens is 224 g/mol. The number of carbonyl (C=O) groups is 2. The van der Waals surface area contributed by atoms with Gasteiger partial charge in [-0.15, -0.1) is 0 Å². The summed E-state index contributed by atoms with van der Waals surface area (Å²) in [5, 5.41) is 0. The summed E-state index contributed by atoms with van der Waals surface area (Å²) in [5.41, 5.74) is 0.